The lowest BCUT2D eigenvalue weighted by Crippen LogP contribution is -2.15. The van der Waals surface area contributed by atoms with Gasteiger partial charge in [0.1, 0.15) is 0 Å². The van der Waals surface area contributed by atoms with Gasteiger partial charge in [-0.15, -0.1) is 0 Å². The Morgan fingerprint density at radius 3 is 1.70 bits per heavy atom. The van der Waals surface area contributed by atoms with E-state index in [1.165, 1.54) is 88.3 Å². The van der Waals surface area contributed by atoms with Crippen molar-refractivity contribution in [2.24, 2.45) is 0 Å². The quantitative estimate of drug-likeness (QED) is 0.174. The van der Waals surface area contributed by atoms with Gasteiger partial charge in [0.05, 0.1) is 5.69 Å². The van der Waals surface area contributed by atoms with Crippen LogP contribution in [0.4, 0.5) is 0 Å². The normalized spacial score (nSPS) is 14.7. The summed E-state index contributed by atoms with van der Waals surface area (Å²) in [5.41, 5.74) is 17.8. The van der Waals surface area contributed by atoms with Gasteiger partial charge in [-0.05, 0) is 113 Å². The highest BCUT2D eigenvalue weighted by atomic mass is 15.1. The molecule has 0 N–H and O–H groups in total. The summed E-state index contributed by atoms with van der Waals surface area (Å²) in [5, 5.41) is 5.10. The van der Waals surface area contributed by atoms with Crippen LogP contribution in [0.2, 0.25) is 0 Å². The molecule has 0 aliphatic heterocycles. The number of fused-ring (bicyclic) bond motifs is 9. The minimum atomic E-state index is -0.117. The lowest BCUT2D eigenvalue weighted by molar-refractivity contribution is 0.660. The third-order valence-corrected chi connectivity index (χ3v) is 12.3. The predicted molar refractivity (Wildman–Crippen MR) is 219 cm³/mol. The Kier molecular flexibility index (Phi) is 6.07. The summed E-state index contributed by atoms with van der Waals surface area (Å²) < 4.78 is 1.97. The molecule has 2 heterocycles. The van der Waals surface area contributed by atoms with Gasteiger partial charge < -0.3 is 0 Å². The molecule has 3 nitrogen and oxygen atoms in total. The molecule has 0 saturated heterocycles. The summed E-state index contributed by atoms with van der Waals surface area (Å²) in [6, 6.07) is 50.1. The van der Waals surface area contributed by atoms with Crippen LogP contribution in [0, 0.1) is 0 Å². The van der Waals surface area contributed by atoms with E-state index in [-0.39, 0.29) is 10.8 Å². The minimum Gasteiger partial charge on any atom is -0.291 e. The maximum atomic E-state index is 4.81. The Morgan fingerprint density at radius 2 is 1.00 bits per heavy atom. The van der Waals surface area contributed by atoms with E-state index in [0.717, 1.165) is 11.3 Å². The molecule has 0 fully saturated rings. The zero-order valence-corrected chi connectivity index (χ0v) is 30.3. The second-order valence-electron chi connectivity index (χ2n) is 15.9. The van der Waals surface area contributed by atoms with Crippen molar-refractivity contribution in [1.29, 1.82) is 0 Å². The van der Waals surface area contributed by atoms with E-state index >= 15 is 0 Å². The van der Waals surface area contributed by atoms with Gasteiger partial charge in [0.2, 0.25) is 5.78 Å². The van der Waals surface area contributed by atoms with Crippen molar-refractivity contribution >= 4 is 27.3 Å². The first kappa shape index (κ1) is 30.3. The van der Waals surface area contributed by atoms with Crippen molar-refractivity contribution in [3.8, 4) is 55.8 Å². The molecule has 11 rings (SSSR count). The molecule has 2 aliphatic carbocycles. The molecule has 2 aromatic heterocycles. The number of nitrogens with zero attached hydrogens (tertiary/aromatic N) is 3. The molecule has 252 valence electrons. The molecular weight excluding hydrogens is 643 g/mol. The van der Waals surface area contributed by atoms with Gasteiger partial charge in [-0.3, -0.25) is 4.40 Å². The molecule has 0 unspecified atom stereocenters. The van der Waals surface area contributed by atoms with E-state index in [2.05, 4.69) is 166 Å². The average Bonchev–Trinajstić information content (AvgIpc) is 3.80. The first-order valence-electron chi connectivity index (χ1n) is 18.6. The Morgan fingerprint density at radius 1 is 0.453 bits per heavy atom. The van der Waals surface area contributed by atoms with Crippen LogP contribution in [-0.4, -0.2) is 14.4 Å². The Hall–Kier alpha value is -6.32. The van der Waals surface area contributed by atoms with Crippen LogP contribution in [0.1, 0.15) is 49.9 Å². The SMILES string of the molecule is CC1(C)c2ccccc2-c2ccc(-c3c4ccccc4c(-c4ccc(-c5cn6cccnc6n5)cc4)c4cc5c(cc34)-c3ccccc3C5(C)C)cc21. The summed E-state index contributed by atoms with van der Waals surface area (Å²) in [5.74, 6) is 0.704. The second-order valence-corrected chi connectivity index (χ2v) is 15.9. The molecule has 2 aliphatic rings. The van der Waals surface area contributed by atoms with Crippen LogP contribution in [-0.2, 0) is 10.8 Å². The molecule has 0 bridgehead atoms. The molecule has 3 heteroatoms. The number of benzene rings is 7. The van der Waals surface area contributed by atoms with Gasteiger partial charge in [0, 0.05) is 35.0 Å². The fourth-order valence-electron chi connectivity index (χ4n) is 9.63. The molecule has 9 aromatic rings. The van der Waals surface area contributed by atoms with Crippen LogP contribution in [0.25, 0.3) is 83.1 Å². The topological polar surface area (TPSA) is 30.2 Å². The van der Waals surface area contributed by atoms with Gasteiger partial charge in [-0.1, -0.05) is 137 Å². The highest BCUT2D eigenvalue weighted by Gasteiger charge is 2.37. The van der Waals surface area contributed by atoms with E-state index in [1.54, 1.807) is 6.20 Å². The molecule has 0 atom stereocenters. The molecule has 0 amide bonds. The lowest BCUT2D eigenvalue weighted by atomic mass is 9.78. The van der Waals surface area contributed by atoms with E-state index in [1.807, 2.05) is 16.7 Å². The number of rotatable bonds is 3. The third-order valence-electron chi connectivity index (χ3n) is 12.3. The maximum absolute atomic E-state index is 4.81. The van der Waals surface area contributed by atoms with Crippen molar-refractivity contribution in [2.45, 2.75) is 38.5 Å². The smallest absolute Gasteiger partial charge is 0.234 e. The van der Waals surface area contributed by atoms with E-state index in [4.69, 9.17) is 4.98 Å². The summed E-state index contributed by atoms with van der Waals surface area (Å²) in [4.78, 5) is 9.24. The fourth-order valence-corrected chi connectivity index (χ4v) is 9.63. The molecule has 0 radical (unpaired) electrons. The first-order valence-corrected chi connectivity index (χ1v) is 18.6. The van der Waals surface area contributed by atoms with E-state index < -0.39 is 0 Å². The number of hydrogen-bond acceptors (Lipinski definition) is 2. The molecule has 7 aromatic carbocycles. The van der Waals surface area contributed by atoms with Crippen LogP contribution < -0.4 is 0 Å². The van der Waals surface area contributed by atoms with Crippen molar-refractivity contribution < 1.29 is 0 Å². The van der Waals surface area contributed by atoms with Crippen molar-refractivity contribution in [1.82, 2.24) is 14.4 Å². The minimum absolute atomic E-state index is 0.0869. The maximum Gasteiger partial charge on any atom is 0.234 e. The van der Waals surface area contributed by atoms with Crippen LogP contribution >= 0.6 is 0 Å². The highest BCUT2D eigenvalue weighted by molar-refractivity contribution is 6.22. The van der Waals surface area contributed by atoms with Gasteiger partial charge >= 0.3 is 0 Å². The van der Waals surface area contributed by atoms with Crippen molar-refractivity contribution in [3.63, 3.8) is 0 Å². The van der Waals surface area contributed by atoms with Gasteiger partial charge in [-0.2, -0.15) is 0 Å². The summed E-state index contributed by atoms with van der Waals surface area (Å²) >= 11 is 0. The van der Waals surface area contributed by atoms with E-state index in [9.17, 15) is 0 Å². The van der Waals surface area contributed by atoms with Crippen LogP contribution in [0.3, 0.4) is 0 Å². The molecule has 53 heavy (non-hydrogen) atoms. The Balaban J connectivity index is 1.20. The van der Waals surface area contributed by atoms with Crippen molar-refractivity contribution in [2.75, 3.05) is 0 Å². The van der Waals surface area contributed by atoms with Gasteiger partial charge in [0.15, 0.2) is 0 Å². The van der Waals surface area contributed by atoms with Crippen LogP contribution in [0.5, 0.6) is 0 Å². The summed E-state index contributed by atoms with van der Waals surface area (Å²) in [7, 11) is 0. The fraction of sp³-hybridized carbons (Fsp3) is 0.120. The zero-order chi connectivity index (χ0) is 35.6. The van der Waals surface area contributed by atoms with Gasteiger partial charge in [0.25, 0.3) is 0 Å². The zero-order valence-electron chi connectivity index (χ0n) is 30.3. The molecule has 0 saturated carbocycles. The predicted octanol–water partition coefficient (Wildman–Crippen LogP) is 12.6. The largest absolute Gasteiger partial charge is 0.291 e. The van der Waals surface area contributed by atoms with Crippen LogP contribution in [0.15, 0.2) is 152 Å². The molecular formula is C50H37N3. The van der Waals surface area contributed by atoms with Gasteiger partial charge in [-0.25, -0.2) is 9.97 Å². The first-order chi connectivity index (χ1) is 25.8. The standard InChI is InChI=1S/C50H37N3/c1-49(2)41-16-9-7-12-33(41)35-23-22-32(26-43(35)49)47-37-15-6-5-14-36(37)46(31-20-18-30(19-21-31)45-29-53-25-11-24-51-48(53)52-45)40-28-44-38(27-39(40)47)34-13-8-10-17-42(34)50(44,3)4/h5-29H,1-4H3. The van der Waals surface area contributed by atoms with E-state index in [0.29, 0.717) is 5.78 Å². The number of aromatic nitrogens is 3. The highest BCUT2D eigenvalue weighted by Crippen LogP contribution is 2.55. The number of hydrogen-bond donors (Lipinski definition) is 0. The third kappa shape index (κ3) is 4.16. The Bertz CT molecular complexity index is 2960. The number of imidazole rings is 1. The molecule has 0 spiro atoms. The second kappa shape index (κ2) is 10.6. The Labute approximate surface area is 309 Å². The van der Waals surface area contributed by atoms with Crippen molar-refractivity contribution in [3.05, 3.63) is 174 Å². The lowest BCUT2D eigenvalue weighted by Gasteiger charge is -2.25. The average molecular weight is 680 g/mol. The summed E-state index contributed by atoms with van der Waals surface area (Å²) in [6.45, 7) is 9.51. The monoisotopic (exact) mass is 679 g/mol. The summed E-state index contributed by atoms with van der Waals surface area (Å²) in [6.07, 6.45) is 5.83.